The topological polar surface area (TPSA) is 46.9 Å². The molecule has 1 aromatic heterocycles. The molecule has 0 radical (unpaired) electrons. The molecule has 1 atom stereocenters. The van der Waals surface area contributed by atoms with E-state index in [1.807, 2.05) is 14.0 Å². The first kappa shape index (κ1) is 9.40. The number of Topliss-reactive ketones (excluding diaryl/α,β-unsaturated/α-hetero) is 1. The predicted molar refractivity (Wildman–Crippen MR) is 53.1 cm³/mol. The monoisotopic (exact) mass is 193 g/mol. The van der Waals surface area contributed by atoms with Crippen molar-refractivity contribution in [3.63, 3.8) is 0 Å². The van der Waals surface area contributed by atoms with Gasteiger partial charge in [0.1, 0.15) is 0 Å². The van der Waals surface area contributed by atoms with E-state index in [4.69, 9.17) is 0 Å². The van der Waals surface area contributed by atoms with Gasteiger partial charge >= 0.3 is 0 Å². The van der Waals surface area contributed by atoms with Gasteiger partial charge in [-0.25, -0.2) is 4.98 Å². The molecular weight excluding hydrogens is 178 g/mol. The summed E-state index contributed by atoms with van der Waals surface area (Å²) < 4.78 is 1.78. The van der Waals surface area contributed by atoms with Crippen molar-refractivity contribution in [2.75, 3.05) is 13.1 Å². The van der Waals surface area contributed by atoms with Gasteiger partial charge in [0.2, 0.25) is 5.78 Å². The van der Waals surface area contributed by atoms with Gasteiger partial charge in [0, 0.05) is 25.4 Å². The minimum absolute atomic E-state index is 0.0809. The van der Waals surface area contributed by atoms with E-state index in [0.717, 1.165) is 13.1 Å². The van der Waals surface area contributed by atoms with Crippen molar-refractivity contribution < 1.29 is 4.79 Å². The van der Waals surface area contributed by atoms with Crippen LogP contribution >= 0.6 is 0 Å². The van der Waals surface area contributed by atoms with Crippen molar-refractivity contribution in [1.82, 2.24) is 14.9 Å². The zero-order chi connectivity index (χ0) is 10.1. The summed E-state index contributed by atoms with van der Waals surface area (Å²) in [4.78, 5) is 16.0. The van der Waals surface area contributed by atoms with E-state index < -0.39 is 0 Å². The number of rotatable bonds is 3. The lowest BCUT2D eigenvalue weighted by atomic mass is 9.85. The van der Waals surface area contributed by atoms with Gasteiger partial charge in [0.05, 0.1) is 0 Å². The van der Waals surface area contributed by atoms with Crippen LogP contribution in [-0.4, -0.2) is 28.4 Å². The van der Waals surface area contributed by atoms with E-state index in [1.54, 1.807) is 17.0 Å². The molecule has 0 aromatic carbocycles. The lowest BCUT2D eigenvalue weighted by Gasteiger charge is -2.31. The van der Waals surface area contributed by atoms with Gasteiger partial charge in [-0.2, -0.15) is 0 Å². The molecule has 4 heteroatoms. The van der Waals surface area contributed by atoms with Gasteiger partial charge in [0.15, 0.2) is 5.82 Å². The first-order valence-electron chi connectivity index (χ1n) is 4.92. The molecule has 2 heterocycles. The van der Waals surface area contributed by atoms with Crippen LogP contribution in [0.3, 0.4) is 0 Å². The van der Waals surface area contributed by atoms with Gasteiger partial charge in [-0.15, -0.1) is 0 Å². The van der Waals surface area contributed by atoms with E-state index in [9.17, 15) is 4.79 Å². The highest BCUT2D eigenvalue weighted by Crippen LogP contribution is 2.19. The van der Waals surface area contributed by atoms with Gasteiger partial charge in [-0.05, 0) is 19.0 Å². The van der Waals surface area contributed by atoms with E-state index in [1.165, 1.54) is 0 Å². The molecule has 1 N–H and O–H groups in total. The molecule has 1 aliphatic rings. The van der Waals surface area contributed by atoms with Crippen molar-refractivity contribution >= 4 is 5.78 Å². The summed E-state index contributed by atoms with van der Waals surface area (Å²) in [5.41, 5.74) is 0. The standard InChI is InChI=1S/C10H15N3O/c1-7(8-5-11-6-8)9(14)10-12-3-4-13(10)2/h3-4,7-8,11H,5-6H2,1-2H3. The number of hydrogen-bond donors (Lipinski definition) is 1. The molecular formula is C10H15N3O. The zero-order valence-electron chi connectivity index (χ0n) is 8.53. The van der Waals surface area contributed by atoms with Crippen LogP contribution in [0.15, 0.2) is 12.4 Å². The fourth-order valence-electron chi connectivity index (χ4n) is 1.69. The second-order valence-electron chi connectivity index (χ2n) is 3.93. The molecule has 2 rings (SSSR count). The molecule has 76 valence electrons. The SMILES string of the molecule is CC(C(=O)c1nccn1C)C1CNC1. The highest BCUT2D eigenvalue weighted by atomic mass is 16.1. The number of carbonyl (C=O) groups excluding carboxylic acids is 1. The molecule has 14 heavy (non-hydrogen) atoms. The highest BCUT2D eigenvalue weighted by Gasteiger charge is 2.30. The fourth-order valence-corrected chi connectivity index (χ4v) is 1.69. The molecule has 0 spiro atoms. The van der Waals surface area contributed by atoms with Crippen LogP contribution in [0.2, 0.25) is 0 Å². The average molecular weight is 193 g/mol. The third kappa shape index (κ3) is 1.46. The number of carbonyl (C=O) groups is 1. The maximum absolute atomic E-state index is 11.9. The normalized spacial score (nSPS) is 19.0. The molecule has 0 amide bonds. The third-order valence-corrected chi connectivity index (χ3v) is 2.98. The Morgan fingerprint density at radius 1 is 1.71 bits per heavy atom. The number of hydrogen-bond acceptors (Lipinski definition) is 3. The Hall–Kier alpha value is -1.16. The average Bonchev–Trinajstić information content (AvgIpc) is 2.47. The summed E-state index contributed by atoms with van der Waals surface area (Å²) in [7, 11) is 1.85. The molecule has 1 fully saturated rings. The number of ketones is 1. The van der Waals surface area contributed by atoms with Gasteiger partial charge in [-0.1, -0.05) is 6.92 Å². The summed E-state index contributed by atoms with van der Waals surface area (Å²) in [5.74, 6) is 1.30. The Balaban J connectivity index is 2.11. The highest BCUT2D eigenvalue weighted by molar-refractivity contribution is 5.94. The number of imidazole rings is 1. The maximum atomic E-state index is 11.9. The van der Waals surface area contributed by atoms with Crippen molar-refractivity contribution in [3.8, 4) is 0 Å². The Kier molecular flexibility index (Phi) is 2.37. The summed E-state index contributed by atoms with van der Waals surface area (Å²) in [6.07, 6.45) is 3.47. The van der Waals surface area contributed by atoms with Gasteiger partial charge in [0.25, 0.3) is 0 Å². The summed E-state index contributed by atoms with van der Waals surface area (Å²) in [5, 5.41) is 3.18. The molecule has 1 saturated heterocycles. The molecule has 4 nitrogen and oxygen atoms in total. The fraction of sp³-hybridized carbons (Fsp3) is 0.600. The Bertz CT molecular complexity index is 341. The first-order chi connectivity index (χ1) is 6.70. The largest absolute Gasteiger partial charge is 0.332 e. The van der Waals surface area contributed by atoms with E-state index in [2.05, 4.69) is 10.3 Å². The zero-order valence-corrected chi connectivity index (χ0v) is 8.53. The van der Waals surface area contributed by atoms with Crippen LogP contribution in [-0.2, 0) is 7.05 Å². The van der Waals surface area contributed by atoms with E-state index >= 15 is 0 Å². The van der Waals surface area contributed by atoms with Crippen LogP contribution in [0.5, 0.6) is 0 Å². The second-order valence-corrected chi connectivity index (χ2v) is 3.93. The Morgan fingerprint density at radius 2 is 2.43 bits per heavy atom. The van der Waals surface area contributed by atoms with Crippen molar-refractivity contribution in [2.24, 2.45) is 18.9 Å². The molecule has 0 aliphatic carbocycles. The first-order valence-corrected chi connectivity index (χ1v) is 4.92. The smallest absolute Gasteiger partial charge is 0.201 e. The Morgan fingerprint density at radius 3 is 2.86 bits per heavy atom. The van der Waals surface area contributed by atoms with Gasteiger partial charge in [-0.3, -0.25) is 4.79 Å². The van der Waals surface area contributed by atoms with Crippen LogP contribution in [0.25, 0.3) is 0 Å². The maximum Gasteiger partial charge on any atom is 0.201 e. The molecule has 1 unspecified atom stereocenters. The third-order valence-electron chi connectivity index (χ3n) is 2.98. The molecule has 0 bridgehead atoms. The molecule has 1 aliphatic heterocycles. The second kappa shape index (κ2) is 3.53. The summed E-state index contributed by atoms with van der Waals surface area (Å²) >= 11 is 0. The number of aryl methyl sites for hydroxylation is 1. The van der Waals surface area contributed by atoms with Crippen LogP contribution in [0.1, 0.15) is 17.5 Å². The Labute approximate surface area is 83.3 Å². The van der Waals surface area contributed by atoms with Crippen LogP contribution < -0.4 is 5.32 Å². The minimum Gasteiger partial charge on any atom is -0.332 e. The number of nitrogens with one attached hydrogen (secondary N) is 1. The van der Waals surface area contributed by atoms with Crippen molar-refractivity contribution in [1.29, 1.82) is 0 Å². The van der Waals surface area contributed by atoms with Crippen LogP contribution in [0, 0.1) is 11.8 Å². The predicted octanol–water partition coefficient (Wildman–Crippen LogP) is 0.458. The minimum atomic E-state index is 0.0809. The number of aromatic nitrogens is 2. The lowest BCUT2D eigenvalue weighted by Crippen LogP contribution is -2.47. The van der Waals surface area contributed by atoms with E-state index in [0.29, 0.717) is 11.7 Å². The van der Waals surface area contributed by atoms with E-state index in [-0.39, 0.29) is 11.7 Å². The van der Waals surface area contributed by atoms with Crippen molar-refractivity contribution in [3.05, 3.63) is 18.2 Å². The summed E-state index contributed by atoms with van der Waals surface area (Å²) in [6, 6.07) is 0. The lowest BCUT2D eigenvalue weighted by molar-refractivity contribution is 0.0839. The van der Waals surface area contributed by atoms with Crippen molar-refractivity contribution in [2.45, 2.75) is 6.92 Å². The molecule has 0 saturated carbocycles. The quantitative estimate of drug-likeness (QED) is 0.709. The van der Waals surface area contributed by atoms with Gasteiger partial charge < -0.3 is 9.88 Å². The summed E-state index contributed by atoms with van der Waals surface area (Å²) in [6.45, 7) is 3.90. The molecule has 1 aromatic rings. The van der Waals surface area contributed by atoms with Crippen LogP contribution in [0.4, 0.5) is 0 Å². The number of nitrogens with zero attached hydrogens (tertiary/aromatic N) is 2.